The highest BCUT2D eigenvalue weighted by Gasteiger charge is 2.28. The fourth-order valence-corrected chi connectivity index (χ4v) is 3.81. The van der Waals surface area contributed by atoms with Crippen molar-refractivity contribution in [2.24, 2.45) is 4.99 Å². The first-order valence-electron chi connectivity index (χ1n) is 9.61. The van der Waals surface area contributed by atoms with Gasteiger partial charge in [-0.1, -0.05) is 24.3 Å². The number of methoxy groups -OCH3 is 2. The van der Waals surface area contributed by atoms with E-state index in [1.165, 1.54) is 10.9 Å². The number of aliphatic imine (C=N–C) groups is 1. The molecule has 1 atom stereocenters. The van der Waals surface area contributed by atoms with Crippen molar-refractivity contribution in [3.63, 3.8) is 0 Å². The van der Waals surface area contributed by atoms with Crippen LogP contribution in [0.25, 0.3) is 11.0 Å². The van der Waals surface area contributed by atoms with Crippen LogP contribution < -0.4 is 9.47 Å². The number of likely N-dealkylation sites (N-methyl/N-ethyl adjacent to an activating group) is 1. The molecule has 1 aliphatic heterocycles. The Hall–Kier alpha value is -2.95. The Morgan fingerprint density at radius 3 is 2.68 bits per heavy atom. The molecule has 0 amide bonds. The van der Waals surface area contributed by atoms with E-state index in [-0.39, 0.29) is 0 Å². The molecule has 2 heterocycles. The molecule has 146 valence electrons. The molecule has 1 fully saturated rings. The van der Waals surface area contributed by atoms with Crippen LogP contribution in [0.15, 0.2) is 57.9 Å². The van der Waals surface area contributed by atoms with Gasteiger partial charge in [0.1, 0.15) is 11.3 Å². The van der Waals surface area contributed by atoms with Crippen LogP contribution in [0.5, 0.6) is 11.5 Å². The first-order valence-corrected chi connectivity index (χ1v) is 9.61. The van der Waals surface area contributed by atoms with Crippen molar-refractivity contribution in [1.29, 1.82) is 0 Å². The largest absolute Gasteiger partial charge is 0.493 e. The van der Waals surface area contributed by atoms with Gasteiger partial charge in [0.25, 0.3) is 0 Å². The van der Waals surface area contributed by atoms with E-state index in [0.717, 1.165) is 54.6 Å². The molecular formula is C23H26N2O3. The van der Waals surface area contributed by atoms with Crippen molar-refractivity contribution in [2.45, 2.75) is 18.8 Å². The van der Waals surface area contributed by atoms with E-state index in [1.807, 2.05) is 30.3 Å². The second-order valence-corrected chi connectivity index (χ2v) is 7.21. The van der Waals surface area contributed by atoms with Crippen molar-refractivity contribution in [3.8, 4) is 11.5 Å². The molecule has 0 bridgehead atoms. The number of ether oxygens (including phenoxy) is 2. The summed E-state index contributed by atoms with van der Waals surface area (Å²) in [7, 11) is 5.42. The van der Waals surface area contributed by atoms with Crippen LogP contribution in [0.2, 0.25) is 0 Å². The number of likely N-dealkylation sites (tertiary alicyclic amines) is 1. The van der Waals surface area contributed by atoms with Crippen molar-refractivity contribution < 1.29 is 13.9 Å². The number of nitrogens with zero attached hydrogens (tertiary/aromatic N) is 2. The standard InChI is InChI=1S/C23H26N2O3/c1-25-15-18(21-13-17-6-4-5-7-19(17)28-21)14-23(25)24-11-10-16-8-9-20(26-2)22(12-16)27-3/h4-9,12-13,18H,10-11,14-15H2,1-3H3. The third-order valence-corrected chi connectivity index (χ3v) is 5.35. The van der Waals surface area contributed by atoms with Gasteiger partial charge >= 0.3 is 0 Å². The maximum Gasteiger partial charge on any atom is 0.160 e. The summed E-state index contributed by atoms with van der Waals surface area (Å²) in [6, 6.07) is 16.4. The van der Waals surface area contributed by atoms with Gasteiger partial charge in [0, 0.05) is 37.9 Å². The van der Waals surface area contributed by atoms with Gasteiger partial charge in [0.15, 0.2) is 11.5 Å². The lowest BCUT2D eigenvalue weighted by Gasteiger charge is -2.12. The smallest absolute Gasteiger partial charge is 0.160 e. The molecular weight excluding hydrogens is 352 g/mol. The molecule has 1 unspecified atom stereocenters. The number of fused-ring (bicyclic) bond motifs is 1. The van der Waals surface area contributed by atoms with Gasteiger partial charge in [-0.25, -0.2) is 0 Å². The van der Waals surface area contributed by atoms with Crippen LogP contribution in [0.3, 0.4) is 0 Å². The molecule has 5 heteroatoms. The molecule has 1 aliphatic rings. The van der Waals surface area contributed by atoms with Crippen molar-refractivity contribution in [2.75, 3.05) is 34.4 Å². The van der Waals surface area contributed by atoms with Crippen LogP contribution in [-0.2, 0) is 6.42 Å². The summed E-state index contributed by atoms with van der Waals surface area (Å²) >= 11 is 0. The second-order valence-electron chi connectivity index (χ2n) is 7.21. The Balaban J connectivity index is 1.41. The topological polar surface area (TPSA) is 47.2 Å². The molecule has 0 spiro atoms. The van der Waals surface area contributed by atoms with Gasteiger partial charge in [-0.15, -0.1) is 0 Å². The molecule has 5 nitrogen and oxygen atoms in total. The number of furan rings is 1. The van der Waals surface area contributed by atoms with Gasteiger partial charge in [-0.3, -0.25) is 4.99 Å². The first kappa shape index (κ1) is 18.4. The molecule has 0 radical (unpaired) electrons. The van der Waals surface area contributed by atoms with Gasteiger partial charge in [-0.05, 0) is 36.2 Å². The van der Waals surface area contributed by atoms with E-state index in [4.69, 9.17) is 18.9 Å². The zero-order chi connectivity index (χ0) is 19.5. The van der Waals surface area contributed by atoms with Crippen LogP contribution in [0, 0.1) is 0 Å². The predicted octanol–water partition coefficient (Wildman–Crippen LogP) is 4.51. The van der Waals surface area contributed by atoms with E-state index >= 15 is 0 Å². The summed E-state index contributed by atoms with van der Waals surface area (Å²) in [5.74, 6) is 4.07. The molecule has 0 saturated carbocycles. The number of amidine groups is 1. The van der Waals surface area contributed by atoms with Crippen molar-refractivity contribution in [1.82, 2.24) is 4.90 Å². The van der Waals surface area contributed by atoms with E-state index in [9.17, 15) is 0 Å². The summed E-state index contributed by atoms with van der Waals surface area (Å²) in [6.07, 6.45) is 1.79. The lowest BCUT2D eigenvalue weighted by atomic mass is 10.1. The summed E-state index contributed by atoms with van der Waals surface area (Å²) in [5.41, 5.74) is 2.15. The minimum Gasteiger partial charge on any atom is -0.493 e. The Morgan fingerprint density at radius 1 is 1.07 bits per heavy atom. The van der Waals surface area contributed by atoms with E-state index in [1.54, 1.807) is 14.2 Å². The SMILES string of the molecule is COc1ccc(CCN=C2CC(c3cc4ccccc4o3)CN2C)cc1OC. The zero-order valence-electron chi connectivity index (χ0n) is 16.6. The van der Waals surface area contributed by atoms with Crippen molar-refractivity contribution in [3.05, 3.63) is 59.9 Å². The monoisotopic (exact) mass is 378 g/mol. The van der Waals surface area contributed by atoms with Crippen LogP contribution in [0.1, 0.15) is 23.7 Å². The average molecular weight is 378 g/mol. The van der Waals surface area contributed by atoms with Crippen LogP contribution >= 0.6 is 0 Å². The van der Waals surface area contributed by atoms with Crippen molar-refractivity contribution >= 4 is 16.8 Å². The molecule has 1 aromatic heterocycles. The Morgan fingerprint density at radius 2 is 1.89 bits per heavy atom. The summed E-state index contributed by atoms with van der Waals surface area (Å²) < 4.78 is 16.7. The normalized spacial score (nSPS) is 18.2. The lowest BCUT2D eigenvalue weighted by Crippen LogP contribution is -2.20. The minimum absolute atomic E-state index is 0.359. The maximum absolute atomic E-state index is 6.06. The lowest BCUT2D eigenvalue weighted by molar-refractivity contribution is 0.354. The summed E-state index contributed by atoms with van der Waals surface area (Å²) in [6.45, 7) is 1.69. The number of benzene rings is 2. The van der Waals surface area contributed by atoms with E-state index in [0.29, 0.717) is 5.92 Å². The quantitative estimate of drug-likeness (QED) is 0.633. The zero-order valence-corrected chi connectivity index (χ0v) is 16.6. The first-order chi connectivity index (χ1) is 13.7. The van der Waals surface area contributed by atoms with E-state index in [2.05, 4.69) is 30.1 Å². The number of hydrogen-bond acceptors (Lipinski definition) is 4. The summed E-state index contributed by atoms with van der Waals surface area (Å²) in [4.78, 5) is 7.10. The third kappa shape index (κ3) is 3.70. The number of para-hydroxylation sites is 1. The Bertz CT molecular complexity index is 959. The Kier molecular flexibility index (Phi) is 5.24. The fraction of sp³-hybridized carbons (Fsp3) is 0.348. The Labute approximate surface area is 165 Å². The molecule has 0 aliphatic carbocycles. The van der Waals surface area contributed by atoms with Crippen LogP contribution in [-0.4, -0.2) is 45.1 Å². The molecule has 1 saturated heterocycles. The van der Waals surface area contributed by atoms with Gasteiger partial charge in [-0.2, -0.15) is 0 Å². The minimum atomic E-state index is 0.359. The maximum atomic E-state index is 6.06. The van der Waals surface area contributed by atoms with E-state index < -0.39 is 0 Å². The van der Waals surface area contributed by atoms with Gasteiger partial charge in [0.2, 0.25) is 0 Å². The van der Waals surface area contributed by atoms with Gasteiger partial charge < -0.3 is 18.8 Å². The van der Waals surface area contributed by atoms with Crippen LogP contribution in [0.4, 0.5) is 0 Å². The number of rotatable bonds is 6. The highest BCUT2D eigenvalue weighted by molar-refractivity contribution is 5.85. The molecule has 2 aromatic carbocycles. The number of hydrogen-bond donors (Lipinski definition) is 0. The summed E-state index contributed by atoms with van der Waals surface area (Å²) in [5, 5.41) is 1.17. The highest BCUT2D eigenvalue weighted by atomic mass is 16.5. The highest BCUT2D eigenvalue weighted by Crippen LogP contribution is 2.32. The fourth-order valence-electron chi connectivity index (χ4n) is 3.81. The third-order valence-electron chi connectivity index (χ3n) is 5.35. The molecule has 0 N–H and O–H groups in total. The average Bonchev–Trinajstić information content (AvgIpc) is 3.31. The molecule has 28 heavy (non-hydrogen) atoms. The second kappa shape index (κ2) is 7.97. The molecule has 4 rings (SSSR count). The molecule has 3 aromatic rings. The predicted molar refractivity (Wildman–Crippen MR) is 112 cm³/mol. The van der Waals surface area contributed by atoms with Gasteiger partial charge in [0.05, 0.1) is 20.1 Å².